The van der Waals surface area contributed by atoms with E-state index in [0.717, 1.165) is 31.7 Å². The second-order valence-corrected chi connectivity index (χ2v) is 5.41. The molecule has 1 N–H and O–H groups in total. The molecule has 0 saturated carbocycles. The van der Waals surface area contributed by atoms with Gasteiger partial charge in [0.1, 0.15) is 24.2 Å². The molecule has 1 unspecified atom stereocenters. The van der Waals surface area contributed by atoms with Gasteiger partial charge in [-0.15, -0.1) is 0 Å². The molecule has 108 valence electrons. The zero-order valence-electron chi connectivity index (χ0n) is 11.7. The quantitative estimate of drug-likeness (QED) is 0.884. The lowest BCUT2D eigenvalue weighted by Gasteiger charge is -2.30. The van der Waals surface area contributed by atoms with E-state index in [9.17, 15) is 4.79 Å². The summed E-state index contributed by atoms with van der Waals surface area (Å²) in [4.78, 5) is 14.1. The maximum Gasteiger partial charge on any atom is 0.255 e. The Morgan fingerprint density at radius 1 is 1.45 bits per heavy atom. The number of rotatable bonds is 2. The zero-order valence-corrected chi connectivity index (χ0v) is 11.7. The number of nitrogens with one attached hydrogen (secondary N) is 1. The minimum atomic E-state index is -0.0820. The van der Waals surface area contributed by atoms with Crippen molar-refractivity contribution in [1.82, 2.24) is 10.2 Å². The summed E-state index contributed by atoms with van der Waals surface area (Å²) in [5.74, 6) is 1.31. The van der Waals surface area contributed by atoms with Crippen LogP contribution >= 0.6 is 0 Å². The molecule has 2 aliphatic heterocycles. The summed E-state index contributed by atoms with van der Waals surface area (Å²) in [5, 5.41) is 2.80. The lowest BCUT2D eigenvalue weighted by molar-refractivity contribution is 0.0957. The highest BCUT2D eigenvalue weighted by molar-refractivity contribution is 5.97. The normalized spacial score (nSPS) is 23.2. The highest BCUT2D eigenvalue weighted by Gasteiger charge is 2.21. The van der Waals surface area contributed by atoms with Crippen molar-refractivity contribution < 1.29 is 14.3 Å². The molecule has 1 aromatic rings. The van der Waals surface area contributed by atoms with E-state index in [-0.39, 0.29) is 12.0 Å². The van der Waals surface area contributed by atoms with E-state index in [0.29, 0.717) is 24.5 Å². The van der Waals surface area contributed by atoms with Crippen LogP contribution in [0.15, 0.2) is 18.2 Å². The van der Waals surface area contributed by atoms with Gasteiger partial charge in [0.2, 0.25) is 0 Å². The van der Waals surface area contributed by atoms with E-state index in [1.165, 1.54) is 0 Å². The minimum Gasteiger partial charge on any atom is -0.491 e. The van der Waals surface area contributed by atoms with Crippen LogP contribution < -0.4 is 14.8 Å². The van der Waals surface area contributed by atoms with Gasteiger partial charge in [-0.25, -0.2) is 0 Å². The Morgan fingerprint density at radius 2 is 2.35 bits per heavy atom. The Balaban J connectivity index is 1.74. The van der Waals surface area contributed by atoms with Crippen LogP contribution in [0.3, 0.4) is 0 Å². The summed E-state index contributed by atoms with van der Waals surface area (Å²) in [7, 11) is 2.11. The maximum atomic E-state index is 11.8. The lowest BCUT2D eigenvalue weighted by Crippen LogP contribution is -2.38. The summed E-state index contributed by atoms with van der Waals surface area (Å²) < 4.78 is 11.6. The predicted molar refractivity (Wildman–Crippen MR) is 75.4 cm³/mol. The molecule has 5 nitrogen and oxygen atoms in total. The van der Waals surface area contributed by atoms with Crippen molar-refractivity contribution in [2.75, 3.05) is 33.3 Å². The van der Waals surface area contributed by atoms with Gasteiger partial charge in [0.25, 0.3) is 5.91 Å². The Kier molecular flexibility index (Phi) is 3.78. The van der Waals surface area contributed by atoms with E-state index in [1.54, 1.807) is 6.07 Å². The van der Waals surface area contributed by atoms with Crippen LogP contribution in [0.1, 0.15) is 23.2 Å². The van der Waals surface area contributed by atoms with Crippen molar-refractivity contribution in [3.8, 4) is 11.5 Å². The number of benzene rings is 1. The zero-order chi connectivity index (χ0) is 13.9. The van der Waals surface area contributed by atoms with Crippen molar-refractivity contribution in [3.63, 3.8) is 0 Å². The van der Waals surface area contributed by atoms with Gasteiger partial charge in [-0.1, -0.05) is 0 Å². The molecule has 1 fully saturated rings. The van der Waals surface area contributed by atoms with Crippen molar-refractivity contribution in [2.24, 2.45) is 0 Å². The van der Waals surface area contributed by atoms with Crippen LogP contribution in [0, 0.1) is 0 Å². The summed E-state index contributed by atoms with van der Waals surface area (Å²) >= 11 is 0. The third-order valence-electron chi connectivity index (χ3n) is 3.73. The molecule has 2 aliphatic rings. The van der Waals surface area contributed by atoms with E-state index >= 15 is 0 Å². The fourth-order valence-electron chi connectivity index (χ4n) is 2.71. The molecular formula is C15H20N2O3. The first kappa shape index (κ1) is 13.2. The number of hydrogen-bond acceptors (Lipinski definition) is 4. The number of fused-ring (bicyclic) bond motifs is 1. The molecule has 0 radical (unpaired) electrons. The molecule has 1 atom stereocenters. The average molecular weight is 276 g/mol. The Bertz CT molecular complexity index is 504. The molecule has 20 heavy (non-hydrogen) atoms. The second kappa shape index (κ2) is 5.71. The fraction of sp³-hybridized carbons (Fsp3) is 0.533. The molecule has 3 rings (SSSR count). The summed E-state index contributed by atoms with van der Waals surface area (Å²) in [6.45, 7) is 3.11. The number of piperidine rings is 1. The largest absolute Gasteiger partial charge is 0.491 e. The third-order valence-corrected chi connectivity index (χ3v) is 3.73. The number of likely N-dealkylation sites (tertiary alicyclic amines) is 1. The van der Waals surface area contributed by atoms with E-state index in [4.69, 9.17) is 9.47 Å². The molecule has 1 saturated heterocycles. The monoisotopic (exact) mass is 276 g/mol. The number of likely N-dealkylation sites (N-methyl/N-ethyl adjacent to an activating group) is 1. The second-order valence-electron chi connectivity index (χ2n) is 5.41. The van der Waals surface area contributed by atoms with Crippen LogP contribution in [0.2, 0.25) is 0 Å². The Morgan fingerprint density at radius 3 is 3.20 bits per heavy atom. The summed E-state index contributed by atoms with van der Waals surface area (Å²) in [6, 6.07) is 5.45. The van der Waals surface area contributed by atoms with Crippen molar-refractivity contribution in [3.05, 3.63) is 23.8 Å². The number of amides is 1. The van der Waals surface area contributed by atoms with E-state index in [2.05, 4.69) is 17.3 Å². The molecule has 0 aromatic heterocycles. The SMILES string of the molecule is CN1CCCC(Oc2ccc3c(c2)OCCNC3=O)C1. The van der Waals surface area contributed by atoms with Gasteiger partial charge in [-0.2, -0.15) is 0 Å². The molecule has 1 aromatic carbocycles. The highest BCUT2D eigenvalue weighted by Crippen LogP contribution is 2.27. The van der Waals surface area contributed by atoms with Gasteiger partial charge in [-0.05, 0) is 38.6 Å². The molecule has 1 amide bonds. The number of carbonyl (C=O) groups is 1. The standard InChI is InChI=1S/C15H20N2O3/c1-17-7-2-3-12(10-17)20-11-4-5-13-14(9-11)19-8-6-16-15(13)18/h4-5,9,12H,2-3,6-8,10H2,1H3,(H,16,18). The van der Waals surface area contributed by atoms with Crippen LogP contribution in [0.5, 0.6) is 11.5 Å². The predicted octanol–water partition coefficient (Wildman–Crippen LogP) is 1.28. The summed E-state index contributed by atoms with van der Waals surface area (Å²) in [5.41, 5.74) is 0.579. The number of nitrogens with zero attached hydrogens (tertiary/aromatic N) is 1. The topological polar surface area (TPSA) is 50.8 Å². The first-order valence-corrected chi connectivity index (χ1v) is 7.12. The Labute approximate surface area is 118 Å². The number of carbonyl (C=O) groups excluding carboxylic acids is 1. The smallest absolute Gasteiger partial charge is 0.255 e. The molecule has 0 bridgehead atoms. The first-order chi connectivity index (χ1) is 9.72. The van der Waals surface area contributed by atoms with Gasteiger partial charge >= 0.3 is 0 Å². The van der Waals surface area contributed by atoms with Crippen LogP contribution in [-0.2, 0) is 0 Å². The highest BCUT2D eigenvalue weighted by atomic mass is 16.5. The third kappa shape index (κ3) is 2.88. The van der Waals surface area contributed by atoms with Crippen LogP contribution in [0.4, 0.5) is 0 Å². The van der Waals surface area contributed by atoms with Crippen molar-refractivity contribution in [2.45, 2.75) is 18.9 Å². The number of ether oxygens (including phenoxy) is 2. The van der Waals surface area contributed by atoms with Crippen LogP contribution in [-0.4, -0.2) is 50.2 Å². The van der Waals surface area contributed by atoms with Gasteiger partial charge in [-0.3, -0.25) is 4.79 Å². The number of hydrogen-bond donors (Lipinski definition) is 1. The van der Waals surface area contributed by atoms with Crippen molar-refractivity contribution in [1.29, 1.82) is 0 Å². The first-order valence-electron chi connectivity index (χ1n) is 7.12. The van der Waals surface area contributed by atoms with Gasteiger partial charge < -0.3 is 19.7 Å². The maximum absolute atomic E-state index is 11.8. The molecular weight excluding hydrogens is 256 g/mol. The van der Waals surface area contributed by atoms with Gasteiger partial charge in [0, 0.05) is 12.6 Å². The average Bonchev–Trinajstić information content (AvgIpc) is 2.61. The van der Waals surface area contributed by atoms with E-state index < -0.39 is 0 Å². The minimum absolute atomic E-state index is 0.0820. The van der Waals surface area contributed by atoms with Gasteiger partial charge in [0.05, 0.1) is 12.1 Å². The van der Waals surface area contributed by atoms with E-state index in [1.807, 2.05) is 12.1 Å². The molecule has 0 aliphatic carbocycles. The Hall–Kier alpha value is -1.75. The molecule has 5 heteroatoms. The van der Waals surface area contributed by atoms with Crippen LogP contribution in [0.25, 0.3) is 0 Å². The molecule has 2 heterocycles. The van der Waals surface area contributed by atoms with Gasteiger partial charge in [0.15, 0.2) is 0 Å². The fourth-order valence-corrected chi connectivity index (χ4v) is 2.71. The van der Waals surface area contributed by atoms with Crippen molar-refractivity contribution >= 4 is 5.91 Å². The lowest BCUT2D eigenvalue weighted by atomic mass is 10.1. The summed E-state index contributed by atoms with van der Waals surface area (Å²) in [6.07, 6.45) is 2.44. The molecule has 0 spiro atoms.